The fourth-order valence-corrected chi connectivity index (χ4v) is 4.88. The summed E-state index contributed by atoms with van der Waals surface area (Å²) in [7, 11) is 0. The van der Waals surface area contributed by atoms with E-state index < -0.39 is 4.92 Å². The van der Waals surface area contributed by atoms with Crippen molar-refractivity contribution >= 4 is 45.9 Å². The van der Waals surface area contributed by atoms with Crippen LogP contribution in [0.5, 0.6) is 0 Å². The average molecular weight is 523 g/mol. The van der Waals surface area contributed by atoms with Gasteiger partial charge in [0, 0.05) is 42.4 Å². The zero-order valence-electron chi connectivity index (χ0n) is 19.2. The van der Waals surface area contributed by atoms with Gasteiger partial charge in [-0.1, -0.05) is 59.8 Å². The summed E-state index contributed by atoms with van der Waals surface area (Å²) in [5, 5.41) is 15.6. The third kappa shape index (κ3) is 6.50. The molecule has 4 rings (SSSR count). The van der Waals surface area contributed by atoms with Gasteiger partial charge in [0.05, 0.1) is 15.8 Å². The van der Waals surface area contributed by atoms with Crippen molar-refractivity contribution in [2.75, 3.05) is 0 Å². The number of nitrogens with one attached hydrogen (secondary N) is 1. The van der Waals surface area contributed by atoms with Crippen molar-refractivity contribution in [1.29, 1.82) is 0 Å². The van der Waals surface area contributed by atoms with Crippen molar-refractivity contribution in [3.05, 3.63) is 109 Å². The van der Waals surface area contributed by atoms with Crippen LogP contribution in [-0.4, -0.2) is 20.4 Å². The molecule has 0 radical (unpaired) electrons. The molecule has 0 atom stereocenters. The molecule has 8 nitrogen and oxygen atoms in total. The van der Waals surface area contributed by atoms with Gasteiger partial charge in [-0.25, -0.2) is 4.98 Å². The number of rotatable bonds is 10. The first-order valence-corrected chi connectivity index (χ1v) is 12.6. The summed E-state index contributed by atoms with van der Waals surface area (Å²) in [4.78, 5) is 40.9. The molecule has 1 heterocycles. The Morgan fingerprint density at radius 2 is 1.83 bits per heavy atom. The smallest absolute Gasteiger partial charge is 0.269 e. The SMILES string of the molecule is O=C(CCCn1c(SCc2cccc([N+](=O)[O-])c2)nc2ccccc2c1=O)NCc1cccc(Cl)c1. The van der Waals surface area contributed by atoms with Gasteiger partial charge in [0.2, 0.25) is 5.91 Å². The Bertz CT molecular complexity index is 1470. The van der Waals surface area contributed by atoms with Crippen molar-refractivity contribution in [3.8, 4) is 0 Å². The van der Waals surface area contributed by atoms with E-state index in [2.05, 4.69) is 10.3 Å². The maximum absolute atomic E-state index is 13.2. The minimum absolute atomic E-state index is 0.0146. The molecule has 1 N–H and O–H groups in total. The second-order valence-corrected chi connectivity index (χ2v) is 9.47. The molecule has 36 heavy (non-hydrogen) atoms. The molecule has 0 saturated carbocycles. The standard InChI is InChI=1S/C26H23ClN4O4S/c27-20-8-3-6-18(14-20)16-28-24(32)12-5-13-30-25(33)22-10-1-2-11-23(22)29-26(30)36-17-19-7-4-9-21(15-19)31(34)35/h1-4,6-11,14-15H,5,12-13,16-17H2,(H,28,32). The monoisotopic (exact) mass is 522 g/mol. The van der Waals surface area contributed by atoms with E-state index in [4.69, 9.17) is 11.6 Å². The van der Waals surface area contributed by atoms with Gasteiger partial charge in [-0.15, -0.1) is 0 Å². The Morgan fingerprint density at radius 3 is 2.64 bits per heavy atom. The molecule has 0 fully saturated rings. The second kappa shape index (κ2) is 11.8. The number of aromatic nitrogens is 2. The van der Waals surface area contributed by atoms with Crippen LogP contribution in [0.15, 0.2) is 82.7 Å². The minimum atomic E-state index is -0.435. The molecule has 1 aromatic heterocycles. The summed E-state index contributed by atoms with van der Waals surface area (Å²) in [6.07, 6.45) is 0.695. The van der Waals surface area contributed by atoms with Crippen LogP contribution in [0.4, 0.5) is 5.69 Å². The number of thioether (sulfide) groups is 1. The quantitative estimate of drug-likeness (QED) is 0.130. The number of nitro groups is 1. The molecule has 0 spiro atoms. The van der Waals surface area contributed by atoms with E-state index in [9.17, 15) is 19.7 Å². The van der Waals surface area contributed by atoms with Gasteiger partial charge in [0.25, 0.3) is 11.2 Å². The first-order valence-electron chi connectivity index (χ1n) is 11.3. The van der Waals surface area contributed by atoms with Crippen LogP contribution < -0.4 is 10.9 Å². The zero-order chi connectivity index (χ0) is 25.5. The highest BCUT2D eigenvalue weighted by Crippen LogP contribution is 2.24. The lowest BCUT2D eigenvalue weighted by Gasteiger charge is -2.13. The third-order valence-corrected chi connectivity index (χ3v) is 6.76. The predicted octanol–water partition coefficient (Wildman–Crippen LogP) is 5.35. The highest BCUT2D eigenvalue weighted by Gasteiger charge is 2.13. The maximum Gasteiger partial charge on any atom is 0.269 e. The summed E-state index contributed by atoms with van der Waals surface area (Å²) >= 11 is 7.32. The number of nitrogens with zero attached hydrogens (tertiary/aromatic N) is 3. The second-order valence-electron chi connectivity index (χ2n) is 8.09. The summed E-state index contributed by atoms with van der Waals surface area (Å²) in [5.74, 6) is 0.287. The van der Waals surface area contributed by atoms with E-state index in [1.807, 2.05) is 18.2 Å². The molecule has 0 bridgehead atoms. The number of benzene rings is 3. The molecule has 0 saturated heterocycles. The predicted molar refractivity (Wildman–Crippen MR) is 141 cm³/mol. The Hall–Kier alpha value is -3.69. The van der Waals surface area contributed by atoms with Crippen molar-refractivity contribution in [2.24, 2.45) is 0 Å². The molecule has 4 aromatic rings. The van der Waals surface area contributed by atoms with Crippen molar-refractivity contribution in [2.45, 2.75) is 36.8 Å². The van der Waals surface area contributed by atoms with Crippen LogP contribution in [0, 0.1) is 10.1 Å². The van der Waals surface area contributed by atoms with Gasteiger partial charge in [-0.3, -0.25) is 24.3 Å². The lowest BCUT2D eigenvalue weighted by molar-refractivity contribution is -0.384. The molecule has 3 aromatic carbocycles. The molecule has 0 aliphatic heterocycles. The molecule has 0 aliphatic rings. The Kier molecular flexibility index (Phi) is 8.35. The van der Waals surface area contributed by atoms with Gasteiger partial charge < -0.3 is 5.32 Å². The molecule has 0 unspecified atom stereocenters. The first-order chi connectivity index (χ1) is 17.4. The van der Waals surface area contributed by atoms with Crippen LogP contribution in [0.3, 0.4) is 0 Å². The van der Waals surface area contributed by atoms with E-state index in [0.717, 1.165) is 11.1 Å². The topological polar surface area (TPSA) is 107 Å². The lowest BCUT2D eigenvalue weighted by atomic mass is 10.2. The summed E-state index contributed by atoms with van der Waals surface area (Å²) in [5.41, 5.74) is 2.08. The molecular weight excluding hydrogens is 500 g/mol. The summed E-state index contributed by atoms with van der Waals surface area (Å²) in [6.45, 7) is 0.694. The molecule has 1 amide bonds. The van der Waals surface area contributed by atoms with E-state index in [1.165, 1.54) is 23.9 Å². The zero-order valence-corrected chi connectivity index (χ0v) is 20.8. The van der Waals surface area contributed by atoms with Crippen molar-refractivity contribution in [3.63, 3.8) is 0 Å². The van der Waals surface area contributed by atoms with Gasteiger partial charge in [-0.2, -0.15) is 0 Å². The fraction of sp³-hybridized carbons (Fsp3) is 0.192. The molecule has 0 aliphatic carbocycles. The highest BCUT2D eigenvalue weighted by atomic mass is 35.5. The molecule has 10 heteroatoms. The van der Waals surface area contributed by atoms with Crippen molar-refractivity contribution in [1.82, 2.24) is 14.9 Å². The highest BCUT2D eigenvalue weighted by molar-refractivity contribution is 7.98. The Balaban J connectivity index is 1.46. The van der Waals surface area contributed by atoms with Crippen LogP contribution in [0.2, 0.25) is 5.02 Å². The Labute approximate surface area is 216 Å². The number of hydrogen-bond acceptors (Lipinski definition) is 6. The van der Waals surface area contributed by atoms with Gasteiger partial charge in [0.15, 0.2) is 5.16 Å². The van der Waals surface area contributed by atoms with E-state index in [0.29, 0.717) is 46.3 Å². The number of para-hydroxylation sites is 1. The molecule has 184 valence electrons. The number of carbonyl (C=O) groups excluding carboxylic acids is 1. The Morgan fingerprint density at radius 1 is 1.06 bits per heavy atom. The summed E-state index contributed by atoms with van der Waals surface area (Å²) < 4.78 is 1.58. The van der Waals surface area contributed by atoms with E-state index >= 15 is 0 Å². The number of carbonyl (C=O) groups is 1. The number of hydrogen-bond donors (Lipinski definition) is 1. The van der Waals surface area contributed by atoms with Crippen LogP contribution >= 0.6 is 23.4 Å². The van der Waals surface area contributed by atoms with Gasteiger partial charge >= 0.3 is 0 Å². The average Bonchev–Trinajstić information content (AvgIpc) is 2.88. The number of nitro benzene ring substituents is 1. The van der Waals surface area contributed by atoms with Crippen LogP contribution in [0.25, 0.3) is 10.9 Å². The number of halogens is 1. The summed E-state index contributed by atoms with van der Waals surface area (Å²) in [6, 6.07) is 20.8. The number of non-ortho nitro benzene ring substituents is 1. The van der Waals surface area contributed by atoms with Crippen molar-refractivity contribution < 1.29 is 9.72 Å². The lowest BCUT2D eigenvalue weighted by Crippen LogP contribution is -2.26. The number of amides is 1. The van der Waals surface area contributed by atoms with Gasteiger partial charge in [0.1, 0.15) is 0 Å². The number of fused-ring (bicyclic) bond motifs is 1. The maximum atomic E-state index is 13.2. The van der Waals surface area contributed by atoms with E-state index in [1.54, 1.807) is 47.0 Å². The first kappa shape index (κ1) is 25.4. The normalized spacial score (nSPS) is 10.9. The van der Waals surface area contributed by atoms with Crippen LogP contribution in [-0.2, 0) is 23.6 Å². The minimum Gasteiger partial charge on any atom is -0.352 e. The largest absolute Gasteiger partial charge is 0.352 e. The third-order valence-electron chi connectivity index (χ3n) is 5.48. The molecular formula is C26H23ClN4O4S. The van der Waals surface area contributed by atoms with Gasteiger partial charge in [-0.05, 0) is 41.8 Å². The van der Waals surface area contributed by atoms with E-state index in [-0.39, 0.29) is 23.6 Å². The fourth-order valence-electron chi connectivity index (χ4n) is 3.70. The van der Waals surface area contributed by atoms with Crippen LogP contribution in [0.1, 0.15) is 24.0 Å².